The second kappa shape index (κ2) is 5.43. The van der Waals surface area contributed by atoms with E-state index in [2.05, 4.69) is 57.2 Å². The van der Waals surface area contributed by atoms with Gasteiger partial charge in [-0.15, -0.1) is 0 Å². The fourth-order valence-corrected chi connectivity index (χ4v) is 3.05. The Morgan fingerprint density at radius 1 is 1.16 bits per heavy atom. The molecule has 2 N–H and O–H groups in total. The molecule has 1 heterocycles. The van der Waals surface area contributed by atoms with Crippen molar-refractivity contribution in [1.82, 2.24) is 4.98 Å². The van der Waals surface area contributed by atoms with Crippen molar-refractivity contribution < 1.29 is 0 Å². The second-order valence-electron chi connectivity index (χ2n) is 4.33. The Balaban J connectivity index is 1.84. The molecule has 0 saturated heterocycles. The number of hydrogen-bond acceptors (Lipinski definition) is 1. The first-order valence-electron chi connectivity index (χ1n) is 5.98. The lowest BCUT2D eigenvalue weighted by Gasteiger charge is -2.09. The molecule has 0 unspecified atom stereocenters. The Hall–Kier alpha value is -1.20. The standard InChI is InChI=1S/C15H12ClIN2/c16-13-8-11(17)4-5-15(13)19-9-10-2-1-3-14-12(10)6-7-18-14/h1-8,18-19H,9H2. The third-order valence-electron chi connectivity index (χ3n) is 3.09. The van der Waals surface area contributed by atoms with E-state index in [1.54, 1.807) is 0 Å². The highest BCUT2D eigenvalue weighted by atomic mass is 127. The van der Waals surface area contributed by atoms with Crippen LogP contribution in [0.2, 0.25) is 5.02 Å². The van der Waals surface area contributed by atoms with E-state index in [-0.39, 0.29) is 0 Å². The summed E-state index contributed by atoms with van der Waals surface area (Å²) in [4.78, 5) is 3.22. The number of benzene rings is 2. The summed E-state index contributed by atoms with van der Waals surface area (Å²) in [6.45, 7) is 0.759. The fourth-order valence-electron chi connectivity index (χ4n) is 2.13. The van der Waals surface area contributed by atoms with E-state index in [0.29, 0.717) is 0 Å². The minimum Gasteiger partial charge on any atom is -0.380 e. The molecule has 0 fully saturated rings. The van der Waals surface area contributed by atoms with Crippen molar-refractivity contribution in [1.29, 1.82) is 0 Å². The van der Waals surface area contributed by atoms with Gasteiger partial charge in [-0.2, -0.15) is 0 Å². The molecule has 0 spiro atoms. The average Bonchev–Trinajstić information content (AvgIpc) is 2.86. The summed E-state index contributed by atoms with van der Waals surface area (Å²) in [5, 5.41) is 5.39. The lowest BCUT2D eigenvalue weighted by atomic mass is 10.1. The van der Waals surface area contributed by atoms with Gasteiger partial charge < -0.3 is 10.3 Å². The highest BCUT2D eigenvalue weighted by Gasteiger charge is 2.04. The summed E-state index contributed by atoms with van der Waals surface area (Å²) in [7, 11) is 0. The van der Waals surface area contributed by atoms with Crippen LogP contribution in [0.25, 0.3) is 10.9 Å². The highest BCUT2D eigenvalue weighted by Crippen LogP contribution is 2.25. The van der Waals surface area contributed by atoms with Crippen LogP contribution in [0.15, 0.2) is 48.7 Å². The van der Waals surface area contributed by atoms with Gasteiger partial charge >= 0.3 is 0 Å². The van der Waals surface area contributed by atoms with Crippen molar-refractivity contribution >= 4 is 50.8 Å². The molecule has 19 heavy (non-hydrogen) atoms. The summed E-state index contributed by atoms with van der Waals surface area (Å²) in [5.74, 6) is 0. The molecule has 4 heteroatoms. The maximum Gasteiger partial charge on any atom is 0.0648 e. The number of nitrogens with one attached hydrogen (secondary N) is 2. The number of halogens is 2. The van der Waals surface area contributed by atoms with Crippen LogP contribution in [0.5, 0.6) is 0 Å². The number of aromatic nitrogens is 1. The summed E-state index contributed by atoms with van der Waals surface area (Å²) >= 11 is 8.48. The molecule has 0 aliphatic rings. The van der Waals surface area contributed by atoms with Gasteiger partial charge in [-0.05, 0) is 58.5 Å². The summed E-state index contributed by atoms with van der Waals surface area (Å²) in [6, 6.07) is 14.4. The zero-order chi connectivity index (χ0) is 13.2. The van der Waals surface area contributed by atoms with Gasteiger partial charge in [0.2, 0.25) is 0 Å². The summed E-state index contributed by atoms with van der Waals surface area (Å²) in [6.07, 6.45) is 1.96. The van der Waals surface area contributed by atoms with Gasteiger partial charge in [-0.3, -0.25) is 0 Å². The maximum atomic E-state index is 6.22. The van der Waals surface area contributed by atoms with Gasteiger partial charge in [0.15, 0.2) is 0 Å². The minimum atomic E-state index is 0.758. The van der Waals surface area contributed by atoms with E-state index in [1.165, 1.54) is 10.9 Å². The van der Waals surface area contributed by atoms with Crippen LogP contribution in [0.1, 0.15) is 5.56 Å². The van der Waals surface area contributed by atoms with Crippen molar-refractivity contribution in [2.45, 2.75) is 6.54 Å². The highest BCUT2D eigenvalue weighted by molar-refractivity contribution is 14.1. The average molecular weight is 383 g/mol. The van der Waals surface area contributed by atoms with E-state index in [4.69, 9.17) is 11.6 Å². The van der Waals surface area contributed by atoms with Crippen molar-refractivity contribution in [3.8, 4) is 0 Å². The monoisotopic (exact) mass is 382 g/mol. The lowest BCUT2D eigenvalue weighted by Crippen LogP contribution is -2.00. The molecule has 0 amide bonds. The van der Waals surface area contributed by atoms with Crippen LogP contribution in [-0.4, -0.2) is 4.98 Å². The van der Waals surface area contributed by atoms with Crippen molar-refractivity contribution in [3.05, 3.63) is 62.8 Å². The molecule has 3 aromatic rings. The van der Waals surface area contributed by atoms with E-state index in [1.807, 2.05) is 24.4 Å². The zero-order valence-electron chi connectivity index (χ0n) is 10.1. The van der Waals surface area contributed by atoms with E-state index >= 15 is 0 Å². The molecule has 2 nitrogen and oxygen atoms in total. The topological polar surface area (TPSA) is 27.8 Å². The molecule has 0 radical (unpaired) electrons. The predicted octanol–water partition coefficient (Wildman–Crippen LogP) is 5.04. The van der Waals surface area contributed by atoms with E-state index < -0.39 is 0 Å². The molecule has 0 atom stereocenters. The van der Waals surface area contributed by atoms with Gasteiger partial charge in [0, 0.05) is 27.2 Å². The number of H-pyrrole nitrogens is 1. The number of rotatable bonds is 3. The smallest absolute Gasteiger partial charge is 0.0648 e. The Bertz CT molecular complexity index is 721. The number of aromatic amines is 1. The molecular weight excluding hydrogens is 371 g/mol. The van der Waals surface area contributed by atoms with Crippen LogP contribution in [0, 0.1) is 3.57 Å². The SMILES string of the molecule is Clc1cc(I)ccc1NCc1cccc2[nH]ccc12. The van der Waals surface area contributed by atoms with Crippen LogP contribution >= 0.6 is 34.2 Å². The third kappa shape index (κ3) is 2.72. The third-order valence-corrected chi connectivity index (χ3v) is 4.07. The van der Waals surface area contributed by atoms with E-state index in [9.17, 15) is 0 Å². The molecule has 1 aromatic heterocycles. The Morgan fingerprint density at radius 2 is 2.05 bits per heavy atom. The second-order valence-corrected chi connectivity index (χ2v) is 5.99. The first kappa shape index (κ1) is 12.8. The quantitative estimate of drug-likeness (QED) is 0.610. The van der Waals surface area contributed by atoms with Crippen molar-refractivity contribution in [2.24, 2.45) is 0 Å². The van der Waals surface area contributed by atoms with Crippen LogP contribution < -0.4 is 5.32 Å². The van der Waals surface area contributed by atoms with Gasteiger partial charge in [-0.25, -0.2) is 0 Å². The molecular formula is C15H12ClIN2. The fraction of sp³-hybridized carbons (Fsp3) is 0.0667. The van der Waals surface area contributed by atoms with Crippen LogP contribution in [0.3, 0.4) is 0 Å². The largest absolute Gasteiger partial charge is 0.380 e. The summed E-state index contributed by atoms with van der Waals surface area (Å²) < 4.78 is 1.14. The number of anilines is 1. The van der Waals surface area contributed by atoms with Crippen molar-refractivity contribution in [2.75, 3.05) is 5.32 Å². The normalized spacial score (nSPS) is 10.8. The van der Waals surface area contributed by atoms with E-state index in [0.717, 1.165) is 26.3 Å². The number of fused-ring (bicyclic) bond motifs is 1. The Labute approximate surface area is 130 Å². The number of hydrogen-bond donors (Lipinski definition) is 2. The van der Waals surface area contributed by atoms with Gasteiger partial charge in [0.1, 0.15) is 0 Å². The zero-order valence-corrected chi connectivity index (χ0v) is 13.0. The minimum absolute atomic E-state index is 0.758. The lowest BCUT2D eigenvalue weighted by molar-refractivity contribution is 1.17. The molecule has 96 valence electrons. The first-order valence-corrected chi connectivity index (χ1v) is 7.43. The molecule has 2 aromatic carbocycles. The van der Waals surface area contributed by atoms with Gasteiger partial charge in [-0.1, -0.05) is 23.7 Å². The van der Waals surface area contributed by atoms with Gasteiger partial charge in [0.05, 0.1) is 10.7 Å². The first-order chi connectivity index (χ1) is 9.24. The summed E-state index contributed by atoms with van der Waals surface area (Å²) in [5.41, 5.74) is 3.39. The molecule has 0 bridgehead atoms. The van der Waals surface area contributed by atoms with Crippen molar-refractivity contribution in [3.63, 3.8) is 0 Å². The van der Waals surface area contributed by atoms with Crippen LogP contribution in [0.4, 0.5) is 5.69 Å². The Morgan fingerprint density at radius 3 is 2.89 bits per heavy atom. The molecule has 0 saturated carbocycles. The molecule has 0 aliphatic heterocycles. The predicted molar refractivity (Wildman–Crippen MR) is 89.8 cm³/mol. The van der Waals surface area contributed by atoms with Gasteiger partial charge in [0.25, 0.3) is 0 Å². The maximum absolute atomic E-state index is 6.22. The molecule has 0 aliphatic carbocycles. The van der Waals surface area contributed by atoms with Crippen LogP contribution in [-0.2, 0) is 6.54 Å². The molecule has 3 rings (SSSR count). The Kier molecular flexibility index (Phi) is 3.66.